The van der Waals surface area contributed by atoms with Crippen molar-refractivity contribution in [2.24, 2.45) is 0 Å². The molecule has 11 heteroatoms. The Hall–Kier alpha value is -4.12. The van der Waals surface area contributed by atoms with Crippen LogP contribution in [-0.2, 0) is 30.3 Å². The molecule has 37 heavy (non-hydrogen) atoms. The average molecular weight is 515 g/mol. The Morgan fingerprint density at radius 2 is 1.97 bits per heavy atom. The van der Waals surface area contributed by atoms with E-state index in [-0.39, 0.29) is 5.82 Å². The van der Waals surface area contributed by atoms with Gasteiger partial charge in [-0.05, 0) is 36.1 Å². The van der Waals surface area contributed by atoms with Crippen LogP contribution in [0.2, 0.25) is 0 Å². The van der Waals surface area contributed by atoms with Crippen molar-refractivity contribution in [3.63, 3.8) is 0 Å². The number of rotatable bonds is 3. The molecule has 0 fully saturated rings. The Morgan fingerprint density at radius 3 is 2.89 bits per heavy atom. The van der Waals surface area contributed by atoms with Gasteiger partial charge in [0, 0.05) is 78.3 Å². The van der Waals surface area contributed by atoms with Gasteiger partial charge in [-0.1, -0.05) is 0 Å². The molecule has 4 aromatic heterocycles. The summed E-state index contributed by atoms with van der Waals surface area (Å²) in [6.45, 7) is 4.00. The van der Waals surface area contributed by atoms with Gasteiger partial charge in [0.2, 0.25) is 0 Å². The Balaban J connectivity index is 1.22. The number of halogens is 1. The number of nitrogens with one attached hydrogen (secondary N) is 2. The maximum atomic E-state index is 15.2. The monoisotopic (exact) mass is 514 g/mol. The van der Waals surface area contributed by atoms with Crippen LogP contribution in [0.15, 0.2) is 54.1 Å². The van der Waals surface area contributed by atoms with Crippen LogP contribution in [0.3, 0.4) is 0 Å². The first-order chi connectivity index (χ1) is 18.0. The Morgan fingerprint density at radius 1 is 1.05 bits per heavy atom. The van der Waals surface area contributed by atoms with Gasteiger partial charge in [-0.3, -0.25) is 8.89 Å². The van der Waals surface area contributed by atoms with E-state index in [2.05, 4.69) is 30.2 Å². The molecule has 2 aliphatic rings. The van der Waals surface area contributed by atoms with Crippen LogP contribution in [0.25, 0.3) is 21.9 Å². The van der Waals surface area contributed by atoms with E-state index in [9.17, 15) is 4.21 Å². The fraction of sp³-hybridized carbons (Fsp3) is 0.231. The minimum atomic E-state index is -1.14. The lowest BCUT2D eigenvalue weighted by atomic mass is 9.98. The largest absolute Gasteiger partial charge is 0.382 e. The van der Waals surface area contributed by atoms with Crippen molar-refractivity contribution >= 4 is 38.9 Å². The topological polar surface area (TPSA) is 103 Å². The third-order valence-corrected chi connectivity index (χ3v) is 8.34. The number of aryl methyl sites for hydroxylation is 2. The summed E-state index contributed by atoms with van der Waals surface area (Å²) < 4.78 is 31.7. The standard InChI is InChI=1S/C26H23FN8OS/c1-15-20(13-31-26-25(15)29-4-7-37(26)36)19-8-16-10-22(30-12-17(16)9-21(19)27)32-23-11-18-2-5-34-6-3-28-24(34)14-35(18)33-23/h3,6,8-13,29H,2,4-5,7,14H2,1H3,(H,30,32,33)/t37-/m0/s1. The highest BCUT2D eigenvalue weighted by Gasteiger charge is 2.22. The predicted molar refractivity (Wildman–Crippen MR) is 140 cm³/mol. The molecule has 2 aliphatic heterocycles. The maximum Gasteiger partial charge on any atom is 0.153 e. The summed E-state index contributed by atoms with van der Waals surface area (Å²) in [6.07, 6.45) is 7.95. The molecule has 5 aromatic rings. The van der Waals surface area contributed by atoms with Crippen LogP contribution >= 0.6 is 0 Å². The summed E-state index contributed by atoms with van der Waals surface area (Å²) >= 11 is 0. The number of imidazole rings is 1. The average Bonchev–Trinajstić information content (AvgIpc) is 3.46. The molecule has 9 nitrogen and oxygen atoms in total. The van der Waals surface area contributed by atoms with Gasteiger partial charge in [0.05, 0.1) is 23.0 Å². The molecule has 6 heterocycles. The summed E-state index contributed by atoms with van der Waals surface area (Å²) in [5, 5.41) is 13.4. The second-order valence-electron chi connectivity index (χ2n) is 9.29. The number of benzene rings is 1. The number of hydrogen-bond acceptors (Lipinski definition) is 7. The molecular formula is C26H23FN8OS. The van der Waals surface area contributed by atoms with Gasteiger partial charge in [0.15, 0.2) is 10.8 Å². The van der Waals surface area contributed by atoms with Crippen LogP contribution in [0.5, 0.6) is 0 Å². The molecule has 0 radical (unpaired) electrons. The molecule has 0 aliphatic carbocycles. The lowest BCUT2D eigenvalue weighted by molar-refractivity contribution is 0.633. The zero-order valence-electron chi connectivity index (χ0n) is 20.0. The van der Waals surface area contributed by atoms with E-state index in [1.54, 1.807) is 12.4 Å². The molecule has 1 aromatic carbocycles. The van der Waals surface area contributed by atoms with Crippen molar-refractivity contribution in [1.29, 1.82) is 0 Å². The number of hydrogen-bond donors (Lipinski definition) is 2. The molecule has 1 atom stereocenters. The fourth-order valence-corrected chi connectivity index (χ4v) is 6.19. The number of pyridine rings is 2. The van der Waals surface area contributed by atoms with Crippen LogP contribution in [-0.4, -0.2) is 45.8 Å². The minimum Gasteiger partial charge on any atom is -0.382 e. The molecule has 0 spiro atoms. The maximum absolute atomic E-state index is 15.2. The van der Waals surface area contributed by atoms with E-state index in [0.29, 0.717) is 52.0 Å². The first-order valence-electron chi connectivity index (χ1n) is 12.1. The SMILES string of the molecule is Cc1c(-c2cc3cc(Nc4cc5n(n4)Cc4nccn4CC5)ncc3cc2F)cnc2c1NCC[S@@]2=O. The fourth-order valence-electron chi connectivity index (χ4n) is 5.09. The normalized spacial score (nSPS) is 16.4. The zero-order chi connectivity index (χ0) is 25.1. The summed E-state index contributed by atoms with van der Waals surface area (Å²) in [7, 11) is -1.14. The van der Waals surface area contributed by atoms with Gasteiger partial charge in [-0.25, -0.2) is 19.3 Å². The highest BCUT2D eigenvalue weighted by molar-refractivity contribution is 7.85. The van der Waals surface area contributed by atoms with Gasteiger partial charge in [0.25, 0.3) is 0 Å². The van der Waals surface area contributed by atoms with Crippen molar-refractivity contribution < 1.29 is 8.60 Å². The van der Waals surface area contributed by atoms with E-state index in [1.165, 1.54) is 6.07 Å². The predicted octanol–water partition coefficient (Wildman–Crippen LogP) is 4.02. The highest BCUT2D eigenvalue weighted by atomic mass is 32.2. The lowest BCUT2D eigenvalue weighted by Crippen LogP contribution is -2.21. The molecule has 0 saturated carbocycles. The summed E-state index contributed by atoms with van der Waals surface area (Å²) in [5.41, 5.74) is 3.82. The molecule has 7 rings (SSSR count). The Bertz CT molecular complexity index is 1730. The summed E-state index contributed by atoms with van der Waals surface area (Å²) in [5.74, 6) is 2.49. The van der Waals surface area contributed by atoms with E-state index < -0.39 is 10.8 Å². The molecule has 0 bridgehead atoms. The Labute approximate surface area is 214 Å². The molecule has 0 saturated heterocycles. The van der Waals surface area contributed by atoms with Gasteiger partial charge >= 0.3 is 0 Å². The highest BCUT2D eigenvalue weighted by Crippen LogP contribution is 2.36. The van der Waals surface area contributed by atoms with E-state index in [0.717, 1.165) is 41.1 Å². The number of nitrogens with zero attached hydrogens (tertiary/aromatic N) is 6. The third kappa shape index (κ3) is 3.77. The number of fused-ring (bicyclic) bond motifs is 4. The first kappa shape index (κ1) is 22.1. The van der Waals surface area contributed by atoms with E-state index >= 15 is 4.39 Å². The van der Waals surface area contributed by atoms with Crippen molar-refractivity contribution in [2.45, 2.75) is 31.5 Å². The first-order valence-corrected chi connectivity index (χ1v) is 13.4. The number of aromatic nitrogens is 6. The molecule has 0 unspecified atom stereocenters. The second kappa shape index (κ2) is 8.48. The van der Waals surface area contributed by atoms with Crippen molar-refractivity contribution in [3.05, 3.63) is 72.0 Å². The summed E-state index contributed by atoms with van der Waals surface area (Å²) in [4.78, 5) is 13.3. The Kier molecular flexibility index (Phi) is 5.07. The molecular weight excluding hydrogens is 491 g/mol. The van der Waals surface area contributed by atoms with Gasteiger partial charge in [-0.2, -0.15) is 5.10 Å². The van der Waals surface area contributed by atoms with Crippen molar-refractivity contribution in [2.75, 3.05) is 22.9 Å². The van der Waals surface area contributed by atoms with Gasteiger partial charge in [0.1, 0.15) is 17.5 Å². The summed E-state index contributed by atoms with van der Waals surface area (Å²) in [6, 6.07) is 7.24. The quantitative estimate of drug-likeness (QED) is 0.375. The van der Waals surface area contributed by atoms with Gasteiger partial charge in [-0.15, -0.1) is 0 Å². The third-order valence-electron chi connectivity index (χ3n) is 7.03. The van der Waals surface area contributed by atoms with Crippen LogP contribution in [0.4, 0.5) is 21.7 Å². The van der Waals surface area contributed by atoms with E-state index in [1.807, 2.05) is 42.2 Å². The van der Waals surface area contributed by atoms with Crippen molar-refractivity contribution in [1.82, 2.24) is 29.3 Å². The van der Waals surface area contributed by atoms with Crippen molar-refractivity contribution in [3.8, 4) is 11.1 Å². The lowest BCUT2D eigenvalue weighted by Gasteiger charge is -2.21. The van der Waals surface area contributed by atoms with Gasteiger partial charge < -0.3 is 15.2 Å². The minimum absolute atomic E-state index is 0.354. The van der Waals surface area contributed by atoms with Crippen LogP contribution in [0.1, 0.15) is 17.1 Å². The number of anilines is 3. The van der Waals surface area contributed by atoms with Crippen LogP contribution < -0.4 is 10.6 Å². The van der Waals surface area contributed by atoms with Crippen LogP contribution in [0, 0.1) is 12.7 Å². The zero-order valence-corrected chi connectivity index (χ0v) is 20.8. The molecule has 2 N–H and O–H groups in total. The molecule has 0 amide bonds. The smallest absolute Gasteiger partial charge is 0.153 e. The molecule has 186 valence electrons. The van der Waals surface area contributed by atoms with E-state index in [4.69, 9.17) is 5.10 Å². The second-order valence-corrected chi connectivity index (χ2v) is 10.8.